The highest BCUT2D eigenvalue weighted by molar-refractivity contribution is 4.53. The second-order valence-electron chi connectivity index (χ2n) is 7.66. The average Bonchev–Trinajstić information content (AvgIpc) is 2.55. The lowest BCUT2D eigenvalue weighted by atomic mass is 10.0. The SMILES string of the molecule is CCCCCCCCCCCCCCC(C)ONCCCN(C)C. The minimum absolute atomic E-state index is 0.340. The van der Waals surface area contributed by atoms with E-state index in [1.165, 1.54) is 83.5 Å². The van der Waals surface area contributed by atoms with Crippen LogP contribution < -0.4 is 5.48 Å². The molecule has 0 aromatic carbocycles. The first-order valence-electron chi connectivity index (χ1n) is 10.7. The quantitative estimate of drug-likeness (QED) is 0.232. The van der Waals surface area contributed by atoms with Crippen molar-refractivity contribution in [3.05, 3.63) is 0 Å². The van der Waals surface area contributed by atoms with Crippen LogP contribution in [0.15, 0.2) is 0 Å². The zero-order valence-electron chi connectivity index (χ0n) is 17.2. The average molecular weight is 343 g/mol. The van der Waals surface area contributed by atoms with Gasteiger partial charge in [-0.15, -0.1) is 0 Å². The molecular formula is C21H46N2O. The van der Waals surface area contributed by atoms with E-state index in [-0.39, 0.29) is 0 Å². The molecule has 0 aliphatic carbocycles. The van der Waals surface area contributed by atoms with E-state index in [2.05, 4.69) is 38.3 Å². The molecule has 0 radical (unpaired) electrons. The molecule has 1 atom stereocenters. The van der Waals surface area contributed by atoms with Crippen molar-refractivity contribution in [1.29, 1.82) is 0 Å². The van der Waals surface area contributed by atoms with Crippen LogP contribution in [0.1, 0.15) is 104 Å². The molecule has 0 saturated carbocycles. The van der Waals surface area contributed by atoms with E-state index in [9.17, 15) is 0 Å². The first kappa shape index (κ1) is 23.9. The number of nitrogens with zero attached hydrogens (tertiary/aromatic N) is 1. The van der Waals surface area contributed by atoms with Crippen molar-refractivity contribution in [2.45, 2.75) is 110 Å². The molecule has 0 aromatic rings. The molecule has 0 aromatic heterocycles. The standard InChI is InChI=1S/C21H46N2O/c1-5-6-7-8-9-10-11-12-13-14-15-16-18-21(2)24-22-19-17-20-23(3)4/h21-22H,5-20H2,1-4H3. The topological polar surface area (TPSA) is 24.5 Å². The maximum Gasteiger partial charge on any atom is 0.0762 e. The van der Waals surface area contributed by atoms with Gasteiger partial charge in [0.25, 0.3) is 0 Å². The zero-order valence-corrected chi connectivity index (χ0v) is 17.2. The normalized spacial score (nSPS) is 12.9. The molecule has 24 heavy (non-hydrogen) atoms. The molecule has 3 nitrogen and oxygen atoms in total. The van der Waals surface area contributed by atoms with E-state index >= 15 is 0 Å². The van der Waals surface area contributed by atoms with Gasteiger partial charge in [-0.1, -0.05) is 84.0 Å². The van der Waals surface area contributed by atoms with Crippen molar-refractivity contribution in [1.82, 2.24) is 10.4 Å². The minimum atomic E-state index is 0.340. The first-order chi connectivity index (χ1) is 11.7. The van der Waals surface area contributed by atoms with Gasteiger partial charge in [-0.05, 0) is 40.4 Å². The summed E-state index contributed by atoms with van der Waals surface area (Å²) in [7, 11) is 4.22. The molecule has 0 aliphatic heterocycles. The summed E-state index contributed by atoms with van der Waals surface area (Å²) in [5.41, 5.74) is 3.11. The van der Waals surface area contributed by atoms with E-state index in [4.69, 9.17) is 4.84 Å². The Bertz CT molecular complexity index is 234. The summed E-state index contributed by atoms with van der Waals surface area (Å²) in [5, 5.41) is 0. The van der Waals surface area contributed by atoms with Gasteiger partial charge in [-0.25, -0.2) is 5.48 Å². The lowest BCUT2D eigenvalue weighted by molar-refractivity contribution is -0.0205. The van der Waals surface area contributed by atoms with Crippen molar-refractivity contribution in [2.75, 3.05) is 27.2 Å². The lowest BCUT2D eigenvalue weighted by Gasteiger charge is -2.14. The van der Waals surface area contributed by atoms with Crippen molar-refractivity contribution in [2.24, 2.45) is 0 Å². The van der Waals surface area contributed by atoms with Crippen molar-refractivity contribution < 1.29 is 4.84 Å². The van der Waals surface area contributed by atoms with E-state index < -0.39 is 0 Å². The Labute approximate surface area is 152 Å². The Hall–Kier alpha value is -0.120. The van der Waals surface area contributed by atoms with Crippen LogP contribution in [0.3, 0.4) is 0 Å². The number of unbranched alkanes of at least 4 members (excludes halogenated alkanes) is 11. The third kappa shape index (κ3) is 19.9. The Morgan fingerprint density at radius 2 is 1.25 bits per heavy atom. The number of nitrogens with one attached hydrogen (secondary N) is 1. The molecule has 0 aliphatic rings. The third-order valence-electron chi connectivity index (χ3n) is 4.63. The van der Waals surface area contributed by atoms with Crippen molar-refractivity contribution in [3.8, 4) is 0 Å². The minimum Gasteiger partial charge on any atom is -0.309 e. The molecule has 1 unspecified atom stereocenters. The van der Waals surface area contributed by atoms with Crippen molar-refractivity contribution >= 4 is 0 Å². The number of hydroxylamine groups is 1. The van der Waals surface area contributed by atoms with Crippen LogP contribution in [-0.2, 0) is 4.84 Å². The maximum absolute atomic E-state index is 5.66. The highest BCUT2D eigenvalue weighted by Gasteiger charge is 2.02. The fraction of sp³-hybridized carbons (Fsp3) is 1.00. The van der Waals surface area contributed by atoms with Crippen LogP contribution in [0.5, 0.6) is 0 Å². The summed E-state index contributed by atoms with van der Waals surface area (Å²) >= 11 is 0. The first-order valence-corrected chi connectivity index (χ1v) is 10.7. The smallest absolute Gasteiger partial charge is 0.0762 e. The van der Waals surface area contributed by atoms with Gasteiger partial charge in [0.2, 0.25) is 0 Å². The van der Waals surface area contributed by atoms with Gasteiger partial charge >= 0.3 is 0 Å². The maximum atomic E-state index is 5.66. The molecule has 146 valence electrons. The fourth-order valence-electron chi connectivity index (χ4n) is 3.00. The summed E-state index contributed by atoms with van der Waals surface area (Å²) in [6, 6.07) is 0. The fourth-order valence-corrected chi connectivity index (χ4v) is 3.00. The molecule has 3 heteroatoms. The second-order valence-corrected chi connectivity index (χ2v) is 7.66. The number of rotatable bonds is 19. The van der Waals surface area contributed by atoms with Gasteiger partial charge < -0.3 is 4.90 Å². The number of hydrogen-bond donors (Lipinski definition) is 1. The largest absolute Gasteiger partial charge is 0.309 e. The van der Waals surface area contributed by atoms with Crippen LogP contribution in [0.25, 0.3) is 0 Å². The zero-order chi connectivity index (χ0) is 17.9. The molecular weight excluding hydrogens is 296 g/mol. The predicted octanol–water partition coefficient (Wildman–Crippen LogP) is 5.94. The number of hydrogen-bond acceptors (Lipinski definition) is 3. The molecule has 0 rings (SSSR count). The van der Waals surface area contributed by atoms with E-state index in [0.29, 0.717) is 6.10 Å². The molecule has 1 N–H and O–H groups in total. The monoisotopic (exact) mass is 342 g/mol. The van der Waals surface area contributed by atoms with Crippen molar-refractivity contribution in [3.63, 3.8) is 0 Å². The Kier molecular flexibility index (Phi) is 19.1. The van der Waals surface area contributed by atoms with Gasteiger partial charge in [0.1, 0.15) is 0 Å². The summed E-state index contributed by atoms with van der Waals surface area (Å²) < 4.78 is 0. The van der Waals surface area contributed by atoms with Crippen LogP contribution in [0, 0.1) is 0 Å². The Morgan fingerprint density at radius 1 is 0.750 bits per heavy atom. The van der Waals surface area contributed by atoms with Gasteiger partial charge in [-0.2, -0.15) is 0 Å². The van der Waals surface area contributed by atoms with Crippen LogP contribution in [0.4, 0.5) is 0 Å². The van der Waals surface area contributed by atoms with Crippen LogP contribution in [-0.4, -0.2) is 38.2 Å². The summed E-state index contributed by atoms with van der Waals surface area (Å²) in [6.45, 7) is 6.53. The van der Waals surface area contributed by atoms with E-state index in [1.54, 1.807) is 0 Å². The third-order valence-corrected chi connectivity index (χ3v) is 4.63. The van der Waals surface area contributed by atoms with Gasteiger partial charge in [0.05, 0.1) is 6.10 Å². The summed E-state index contributed by atoms with van der Waals surface area (Å²) in [6.07, 6.45) is 19.6. The highest BCUT2D eigenvalue weighted by Crippen LogP contribution is 2.13. The summed E-state index contributed by atoms with van der Waals surface area (Å²) in [4.78, 5) is 7.86. The lowest BCUT2D eigenvalue weighted by Crippen LogP contribution is -2.25. The van der Waals surface area contributed by atoms with Gasteiger partial charge in [-0.3, -0.25) is 4.84 Å². The molecule has 0 amide bonds. The Balaban J connectivity index is 3.12. The van der Waals surface area contributed by atoms with E-state index in [0.717, 1.165) is 19.5 Å². The van der Waals surface area contributed by atoms with E-state index in [1.807, 2.05) is 0 Å². The molecule has 0 fully saturated rings. The predicted molar refractivity (Wildman–Crippen MR) is 107 cm³/mol. The molecule has 0 heterocycles. The van der Waals surface area contributed by atoms with Crippen LogP contribution >= 0.6 is 0 Å². The summed E-state index contributed by atoms with van der Waals surface area (Å²) in [5.74, 6) is 0. The molecule has 0 saturated heterocycles. The Morgan fingerprint density at radius 3 is 1.75 bits per heavy atom. The molecule has 0 bridgehead atoms. The van der Waals surface area contributed by atoms with Gasteiger partial charge in [0.15, 0.2) is 0 Å². The molecule has 0 spiro atoms. The second kappa shape index (κ2) is 19.2. The van der Waals surface area contributed by atoms with Crippen LogP contribution in [0.2, 0.25) is 0 Å². The highest BCUT2D eigenvalue weighted by atomic mass is 16.7. The van der Waals surface area contributed by atoms with Gasteiger partial charge in [0, 0.05) is 6.54 Å².